The minimum Gasteiger partial charge on any atom is -0.453 e. The van der Waals surface area contributed by atoms with Gasteiger partial charge in [-0.1, -0.05) is 23.3 Å². The minimum absolute atomic E-state index is 0.0144. The number of hydrogen-bond acceptors (Lipinski definition) is 4. The van der Waals surface area contributed by atoms with Crippen LogP contribution in [0.1, 0.15) is 10.5 Å². The highest BCUT2D eigenvalue weighted by molar-refractivity contribution is 5.98. The van der Waals surface area contributed by atoms with E-state index in [0.717, 1.165) is 10.9 Å². The van der Waals surface area contributed by atoms with Crippen LogP contribution in [0.5, 0.6) is 0 Å². The number of nitrogens with one attached hydrogen (secondary N) is 2. The molecule has 0 aliphatic heterocycles. The van der Waals surface area contributed by atoms with E-state index in [1.807, 2.05) is 24.3 Å². The molecule has 0 bridgehead atoms. The highest BCUT2D eigenvalue weighted by Gasteiger charge is 2.09. The molecule has 0 radical (unpaired) electrons. The Kier molecular flexibility index (Phi) is 3.47. The Bertz CT molecular complexity index is 550. The molecule has 0 spiro atoms. The Morgan fingerprint density at radius 3 is 2.67 bits per heavy atom. The number of methoxy groups -OCH3 is 2. The van der Waals surface area contributed by atoms with Crippen LogP contribution < -0.4 is 5.43 Å². The van der Waals surface area contributed by atoms with Gasteiger partial charge in [0.25, 0.3) is 5.91 Å². The maximum Gasteiger partial charge on any atom is 0.405 e. The number of hydrazone groups is 1. The van der Waals surface area contributed by atoms with E-state index in [9.17, 15) is 4.79 Å². The van der Waals surface area contributed by atoms with Crippen LogP contribution in [0.15, 0.2) is 35.4 Å². The van der Waals surface area contributed by atoms with Gasteiger partial charge in [-0.3, -0.25) is 4.79 Å². The summed E-state index contributed by atoms with van der Waals surface area (Å²) in [6.07, 6.45) is -0.0144. The molecule has 0 saturated carbocycles. The van der Waals surface area contributed by atoms with E-state index in [-0.39, 0.29) is 12.0 Å². The van der Waals surface area contributed by atoms with Crippen LogP contribution in [0, 0.1) is 0 Å². The molecule has 94 valence electrons. The Morgan fingerprint density at radius 2 is 2.00 bits per heavy atom. The molecule has 0 unspecified atom stereocenters. The number of aromatic amines is 1. The molecule has 0 saturated heterocycles. The van der Waals surface area contributed by atoms with Crippen molar-refractivity contribution < 1.29 is 14.3 Å². The standard InChI is InChI=1S/C12H13N3O3/c1-17-12(18-2)15-14-11(16)10-7-8-5-3-4-6-9(8)13-10/h3-7,13H,1-2H3,(H,14,16). The SMILES string of the molecule is COC(=NNC(=O)c1cc2ccccc2[nH]1)OC. The van der Waals surface area contributed by atoms with Crippen molar-refractivity contribution in [3.8, 4) is 0 Å². The number of ether oxygens (including phenoxy) is 2. The number of rotatable bonds is 2. The average molecular weight is 247 g/mol. The number of carbonyl (C=O) groups is 1. The highest BCUT2D eigenvalue weighted by atomic mass is 16.7. The first kappa shape index (κ1) is 12.0. The molecule has 18 heavy (non-hydrogen) atoms. The summed E-state index contributed by atoms with van der Waals surface area (Å²) in [6, 6.07) is 9.36. The Balaban J connectivity index is 2.16. The Hall–Kier alpha value is -2.50. The number of carbonyl (C=O) groups excluding carboxylic acids is 1. The fourth-order valence-corrected chi connectivity index (χ4v) is 1.53. The van der Waals surface area contributed by atoms with Gasteiger partial charge in [-0.15, -0.1) is 0 Å². The molecule has 1 heterocycles. The third-order valence-corrected chi connectivity index (χ3v) is 2.37. The van der Waals surface area contributed by atoms with Crippen LogP contribution >= 0.6 is 0 Å². The summed E-state index contributed by atoms with van der Waals surface area (Å²) in [5.41, 5.74) is 3.65. The summed E-state index contributed by atoms with van der Waals surface area (Å²) in [5.74, 6) is -0.363. The first-order chi connectivity index (χ1) is 8.74. The van der Waals surface area contributed by atoms with Gasteiger partial charge in [0, 0.05) is 10.9 Å². The van der Waals surface area contributed by atoms with E-state index in [4.69, 9.17) is 9.47 Å². The number of H-pyrrole nitrogens is 1. The molecule has 0 atom stereocenters. The predicted molar refractivity (Wildman–Crippen MR) is 67.2 cm³/mol. The van der Waals surface area contributed by atoms with Crippen molar-refractivity contribution in [2.45, 2.75) is 0 Å². The topological polar surface area (TPSA) is 75.7 Å². The second kappa shape index (κ2) is 5.22. The second-order valence-corrected chi connectivity index (χ2v) is 3.50. The molecule has 2 aromatic rings. The molecule has 1 amide bonds. The predicted octanol–water partition coefficient (Wildman–Crippen LogP) is 1.46. The van der Waals surface area contributed by atoms with Gasteiger partial charge < -0.3 is 14.5 Å². The normalized spacial score (nSPS) is 9.89. The van der Waals surface area contributed by atoms with Gasteiger partial charge in [0.2, 0.25) is 0 Å². The van der Waals surface area contributed by atoms with E-state index in [1.165, 1.54) is 14.2 Å². The summed E-state index contributed by atoms with van der Waals surface area (Å²) in [7, 11) is 2.80. The van der Waals surface area contributed by atoms with Crippen molar-refractivity contribution in [2.75, 3.05) is 14.2 Å². The first-order valence-electron chi connectivity index (χ1n) is 5.28. The lowest BCUT2D eigenvalue weighted by Gasteiger charge is -2.01. The zero-order valence-corrected chi connectivity index (χ0v) is 10.1. The lowest BCUT2D eigenvalue weighted by Crippen LogP contribution is -2.21. The molecule has 1 aromatic heterocycles. The molecular formula is C12H13N3O3. The average Bonchev–Trinajstić information content (AvgIpc) is 2.83. The van der Waals surface area contributed by atoms with E-state index in [1.54, 1.807) is 6.07 Å². The minimum atomic E-state index is -0.363. The summed E-state index contributed by atoms with van der Waals surface area (Å²) < 4.78 is 9.50. The second-order valence-electron chi connectivity index (χ2n) is 3.50. The van der Waals surface area contributed by atoms with Gasteiger partial charge in [0.05, 0.1) is 14.2 Å². The monoisotopic (exact) mass is 247 g/mol. The number of hydrogen-bond donors (Lipinski definition) is 2. The van der Waals surface area contributed by atoms with Crippen LogP contribution in [0.4, 0.5) is 0 Å². The molecule has 1 aromatic carbocycles. The van der Waals surface area contributed by atoms with Crippen LogP contribution in [0.3, 0.4) is 0 Å². The third kappa shape index (κ3) is 2.42. The van der Waals surface area contributed by atoms with E-state index in [0.29, 0.717) is 5.69 Å². The summed E-state index contributed by atoms with van der Waals surface area (Å²) >= 11 is 0. The molecule has 6 nitrogen and oxygen atoms in total. The van der Waals surface area contributed by atoms with Gasteiger partial charge in [-0.05, 0) is 12.1 Å². The Morgan fingerprint density at radius 1 is 1.28 bits per heavy atom. The lowest BCUT2D eigenvalue weighted by molar-refractivity contribution is 0.0945. The quantitative estimate of drug-likeness (QED) is 0.479. The van der Waals surface area contributed by atoms with Crippen LogP contribution in [0.25, 0.3) is 10.9 Å². The number of amides is 1. The van der Waals surface area contributed by atoms with Gasteiger partial charge >= 0.3 is 6.08 Å². The van der Waals surface area contributed by atoms with Gasteiger partial charge in [0.1, 0.15) is 5.69 Å². The van der Waals surface area contributed by atoms with Crippen molar-refractivity contribution in [1.29, 1.82) is 0 Å². The largest absolute Gasteiger partial charge is 0.453 e. The van der Waals surface area contributed by atoms with E-state index < -0.39 is 0 Å². The molecule has 0 fully saturated rings. The maximum absolute atomic E-state index is 11.8. The fraction of sp³-hybridized carbons (Fsp3) is 0.167. The fourth-order valence-electron chi connectivity index (χ4n) is 1.53. The number of fused-ring (bicyclic) bond motifs is 1. The van der Waals surface area contributed by atoms with Crippen LogP contribution in [-0.4, -0.2) is 31.2 Å². The van der Waals surface area contributed by atoms with Gasteiger partial charge in [-0.25, -0.2) is 5.43 Å². The zero-order valence-electron chi connectivity index (χ0n) is 10.1. The number of para-hydroxylation sites is 1. The first-order valence-corrected chi connectivity index (χ1v) is 5.28. The van der Waals surface area contributed by atoms with Crippen molar-refractivity contribution in [1.82, 2.24) is 10.4 Å². The highest BCUT2D eigenvalue weighted by Crippen LogP contribution is 2.14. The molecule has 2 N–H and O–H groups in total. The maximum atomic E-state index is 11.8. The molecule has 0 aliphatic carbocycles. The van der Waals surface area contributed by atoms with E-state index >= 15 is 0 Å². The number of nitrogens with zero attached hydrogens (tertiary/aromatic N) is 1. The summed E-state index contributed by atoms with van der Waals surface area (Å²) in [5, 5.41) is 4.62. The van der Waals surface area contributed by atoms with Crippen molar-refractivity contribution in [3.63, 3.8) is 0 Å². The molecule has 6 heteroatoms. The molecular weight excluding hydrogens is 234 g/mol. The van der Waals surface area contributed by atoms with Gasteiger partial charge in [-0.2, -0.15) is 0 Å². The van der Waals surface area contributed by atoms with Crippen molar-refractivity contribution >= 4 is 22.9 Å². The summed E-state index contributed by atoms with van der Waals surface area (Å²) in [4.78, 5) is 14.8. The number of aromatic nitrogens is 1. The molecule has 0 aliphatic rings. The number of benzene rings is 1. The van der Waals surface area contributed by atoms with Crippen molar-refractivity contribution in [2.24, 2.45) is 5.10 Å². The van der Waals surface area contributed by atoms with Crippen LogP contribution in [0.2, 0.25) is 0 Å². The molecule has 2 rings (SSSR count). The lowest BCUT2D eigenvalue weighted by atomic mass is 10.2. The van der Waals surface area contributed by atoms with Crippen LogP contribution in [-0.2, 0) is 9.47 Å². The summed E-state index contributed by atoms with van der Waals surface area (Å²) in [6.45, 7) is 0. The van der Waals surface area contributed by atoms with Gasteiger partial charge in [0.15, 0.2) is 0 Å². The van der Waals surface area contributed by atoms with Crippen molar-refractivity contribution in [3.05, 3.63) is 36.0 Å². The zero-order chi connectivity index (χ0) is 13.0. The van der Waals surface area contributed by atoms with E-state index in [2.05, 4.69) is 15.5 Å². The Labute approximate surface area is 104 Å². The smallest absolute Gasteiger partial charge is 0.405 e. The third-order valence-electron chi connectivity index (χ3n) is 2.37.